The van der Waals surface area contributed by atoms with Gasteiger partial charge in [0.05, 0.1) is 5.92 Å². The van der Waals surface area contributed by atoms with Crippen LogP contribution in [-0.4, -0.2) is 58.3 Å². The molecule has 6 nitrogen and oxygen atoms in total. The number of hydrogen-bond donors (Lipinski definition) is 1. The molecule has 2 amide bonds. The van der Waals surface area contributed by atoms with Crippen molar-refractivity contribution in [3.63, 3.8) is 0 Å². The molecule has 3 heterocycles. The molecule has 0 radical (unpaired) electrons. The van der Waals surface area contributed by atoms with E-state index in [1.807, 2.05) is 17.3 Å². The summed E-state index contributed by atoms with van der Waals surface area (Å²) < 4.78 is 0. The predicted octanol–water partition coefficient (Wildman–Crippen LogP) is 2.34. The molecule has 4 rings (SSSR count). The molecule has 1 aromatic heterocycles. The minimum Gasteiger partial charge on any atom is -0.353 e. The molecule has 6 heteroatoms. The number of carbonyl (C=O) groups excluding carboxylic acids is 2. The van der Waals surface area contributed by atoms with E-state index in [-0.39, 0.29) is 23.8 Å². The van der Waals surface area contributed by atoms with Crippen molar-refractivity contribution in [1.82, 2.24) is 20.1 Å². The first-order chi connectivity index (χ1) is 13.7. The Morgan fingerprint density at radius 2 is 1.79 bits per heavy atom. The van der Waals surface area contributed by atoms with Gasteiger partial charge >= 0.3 is 0 Å². The fraction of sp³-hybridized carbons (Fsp3) is 0.682. The first kappa shape index (κ1) is 19.4. The van der Waals surface area contributed by atoms with Crippen LogP contribution in [0.3, 0.4) is 0 Å². The molecule has 0 bridgehead atoms. The largest absolute Gasteiger partial charge is 0.353 e. The summed E-state index contributed by atoms with van der Waals surface area (Å²) in [5.41, 5.74) is 1.29. The van der Waals surface area contributed by atoms with Gasteiger partial charge in [-0.2, -0.15) is 0 Å². The highest BCUT2D eigenvalue weighted by molar-refractivity contribution is 5.84. The standard InChI is InChI=1S/C22H32N4O2/c27-21-6-5-18(16-26(21)20-3-1-2-4-20)22(28)24-19-9-13-25(14-10-19)15-17-7-11-23-12-8-17/h7-8,11-12,18-20H,1-6,9-10,13-16H2,(H,24,28)/t18-/m0/s1. The Morgan fingerprint density at radius 3 is 2.50 bits per heavy atom. The first-order valence-corrected chi connectivity index (χ1v) is 10.9. The highest BCUT2D eigenvalue weighted by Gasteiger charge is 2.35. The van der Waals surface area contributed by atoms with Crippen molar-refractivity contribution in [3.05, 3.63) is 30.1 Å². The van der Waals surface area contributed by atoms with E-state index in [0.29, 0.717) is 25.4 Å². The lowest BCUT2D eigenvalue weighted by molar-refractivity contribution is -0.140. The fourth-order valence-corrected chi connectivity index (χ4v) is 4.96. The molecule has 28 heavy (non-hydrogen) atoms. The van der Waals surface area contributed by atoms with Crippen LogP contribution >= 0.6 is 0 Å². The van der Waals surface area contributed by atoms with Gasteiger partial charge in [-0.3, -0.25) is 19.5 Å². The number of likely N-dealkylation sites (tertiary alicyclic amines) is 2. The van der Waals surface area contributed by atoms with E-state index in [9.17, 15) is 9.59 Å². The van der Waals surface area contributed by atoms with E-state index in [1.54, 1.807) is 0 Å². The van der Waals surface area contributed by atoms with Crippen molar-refractivity contribution in [2.75, 3.05) is 19.6 Å². The van der Waals surface area contributed by atoms with E-state index in [0.717, 1.165) is 45.3 Å². The lowest BCUT2D eigenvalue weighted by atomic mass is 9.94. The minimum atomic E-state index is -0.0341. The Morgan fingerprint density at radius 1 is 1.07 bits per heavy atom. The monoisotopic (exact) mass is 384 g/mol. The van der Waals surface area contributed by atoms with Crippen molar-refractivity contribution in [1.29, 1.82) is 0 Å². The number of carbonyl (C=O) groups is 2. The number of rotatable bonds is 5. The van der Waals surface area contributed by atoms with Crippen LogP contribution in [0.1, 0.15) is 56.9 Å². The lowest BCUT2D eigenvalue weighted by Crippen LogP contribution is -2.52. The average molecular weight is 385 g/mol. The van der Waals surface area contributed by atoms with Gasteiger partial charge in [0, 0.05) is 57.1 Å². The fourth-order valence-electron chi connectivity index (χ4n) is 4.96. The average Bonchev–Trinajstić information content (AvgIpc) is 3.25. The second-order valence-electron chi connectivity index (χ2n) is 8.63. The zero-order valence-corrected chi connectivity index (χ0v) is 16.7. The maximum Gasteiger partial charge on any atom is 0.225 e. The SMILES string of the molecule is O=C(NC1CCN(Cc2ccncc2)CC1)[C@H]1CCC(=O)N(C2CCCC2)C1. The zero-order chi connectivity index (χ0) is 19.3. The summed E-state index contributed by atoms with van der Waals surface area (Å²) in [7, 11) is 0. The summed E-state index contributed by atoms with van der Waals surface area (Å²) >= 11 is 0. The molecular formula is C22H32N4O2. The van der Waals surface area contributed by atoms with E-state index in [1.165, 1.54) is 18.4 Å². The first-order valence-electron chi connectivity index (χ1n) is 10.9. The van der Waals surface area contributed by atoms with E-state index >= 15 is 0 Å². The summed E-state index contributed by atoms with van der Waals surface area (Å²) in [6.45, 7) is 3.58. The number of aromatic nitrogens is 1. The second kappa shape index (κ2) is 9.03. The van der Waals surface area contributed by atoms with E-state index in [4.69, 9.17) is 0 Å². The number of pyridine rings is 1. The molecule has 0 aromatic carbocycles. The Hall–Kier alpha value is -1.95. The van der Waals surface area contributed by atoms with E-state index < -0.39 is 0 Å². The summed E-state index contributed by atoms with van der Waals surface area (Å²) in [5, 5.41) is 3.29. The van der Waals surface area contributed by atoms with Crippen molar-refractivity contribution in [3.8, 4) is 0 Å². The van der Waals surface area contributed by atoms with Crippen LogP contribution in [0.5, 0.6) is 0 Å². The smallest absolute Gasteiger partial charge is 0.225 e. The third kappa shape index (κ3) is 4.72. The van der Waals surface area contributed by atoms with Crippen LogP contribution in [0.25, 0.3) is 0 Å². The minimum absolute atomic E-state index is 0.0341. The Bertz CT molecular complexity index is 666. The molecule has 2 aliphatic heterocycles. The van der Waals surface area contributed by atoms with Crippen molar-refractivity contribution < 1.29 is 9.59 Å². The van der Waals surface area contributed by atoms with Gasteiger partial charge in [0.1, 0.15) is 0 Å². The van der Waals surface area contributed by atoms with E-state index in [2.05, 4.69) is 27.3 Å². The van der Waals surface area contributed by atoms with Gasteiger partial charge in [0.25, 0.3) is 0 Å². The van der Waals surface area contributed by atoms with Gasteiger partial charge in [-0.05, 0) is 49.8 Å². The molecule has 1 N–H and O–H groups in total. The number of nitrogens with zero attached hydrogens (tertiary/aromatic N) is 3. The topological polar surface area (TPSA) is 65.5 Å². The third-order valence-corrected chi connectivity index (χ3v) is 6.67. The van der Waals surface area contributed by atoms with Gasteiger partial charge in [-0.1, -0.05) is 12.8 Å². The van der Waals surface area contributed by atoms with Crippen LogP contribution in [0, 0.1) is 5.92 Å². The predicted molar refractivity (Wildman–Crippen MR) is 107 cm³/mol. The number of piperidine rings is 2. The molecule has 3 fully saturated rings. The van der Waals surface area contributed by atoms with Crippen molar-refractivity contribution in [2.45, 2.75) is 70.0 Å². The Balaban J connectivity index is 1.23. The molecule has 1 aliphatic carbocycles. The molecule has 152 valence electrons. The summed E-state index contributed by atoms with van der Waals surface area (Å²) in [4.78, 5) is 33.7. The van der Waals surface area contributed by atoms with Crippen LogP contribution in [0.15, 0.2) is 24.5 Å². The van der Waals surface area contributed by atoms with Crippen LogP contribution in [0.4, 0.5) is 0 Å². The van der Waals surface area contributed by atoms with Gasteiger partial charge in [0.2, 0.25) is 11.8 Å². The number of hydrogen-bond acceptors (Lipinski definition) is 4. The number of amides is 2. The zero-order valence-electron chi connectivity index (χ0n) is 16.7. The molecule has 1 saturated carbocycles. The Labute approximate surface area is 167 Å². The van der Waals surface area contributed by atoms with Crippen molar-refractivity contribution >= 4 is 11.8 Å². The van der Waals surface area contributed by atoms with Crippen molar-refractivity contribution in [2.24, 2.45) is 5.92 Å². The van der Waals surface area contributed by atoms with Gasteiger partial charge in [-0.15, -0.1) is 0 Å². The van der Waals surface area contributed by atoms with Crippen LogP contribution < -0.4 is 5.32 Å². The second-order valence-corrected chi connectivity index (χ2v) is 8.63. The van der Waals surface area contributed by atoms with Gasteiger partial charge in [-0.25, -0.2) is 0 Å². The molecule has 1 aromatic rings. The normalized spacial score (nSPS) is 25.2. The Kier molecular flexibility index (Phi) is 6.25. The van der Waals surface area contributed by atoms with Crippen LogP contribution in [0.2, 0.25) is 0 Å². The molecule has 3 aliphatic rings. The highest BCUT2D eigenvalue weighted by atomic mass is 16.2. The van der Waals surface area contributed by atoms with Crippen LogP contribution in [-0.2, 0) is 16.1 Å². The van der Waals surface area contributed by atoms with Gasteiger partial charge in [0.15, 0.2) is 0 Å². The molecular weight excluding hydrogens is 352 g/mol. The number of nitrogens with one attached hydrogen (secondary N) is 1. The summed E-state index contributed by atoms with van der Waals surface area (Å²) in [5.74, 6) is 0.372. The third-order valence-electron chi connectivity index (χ3n) is 6.67. The maximum atomic E-state index is 12.8. The summed E-state index contributed by atoms with van der Waals surface area (Å²) in [6.07, 6.45) is 11.5. The molecule has 1 atom stereocenters. The summed E-state index contributed by atoms with van der Waals surface area (Å²) in [6, 6.07) is 4.76. The molecule has 2 saturated heterocycles. The van der Waals surface area contributed by atoms with Gasteiger partial charge < -0.3 is 10.2 Å². The lowest BCUT2D eigenvalue weighted by Gasteiger charge is -2.37. The molecule has 0 unspecified atom stereocenters. The maximum absolute atomic E-state index is 12.8. The quantitative estimate of drug-likeness (QED) is 0.846. The highest BCUT2D eigenvalue weighted by Crippen LogP contribution is 2.29. The molecule has 0 spiro atoms.